The Bertz CT molecular complexity index is 537. The fourth-order valence-corrected chi connectivity index (χ4v) is 3.58. The number of amides is 1. The first-order valence-corrected chi connectivity index (χ1v) is 8.93. The molecule has 132 valence electrons. The monoisotopic (exact) mass is 332 g/mol. The molecule has 5 nitrogen and oxygen atoms in total. The Labute approximate surface area is 144 Å². The Morgan fingerprint density at radius 2 is 2.21 bits per heavy atom. The van der Waals surface area contributed by atoms with Crippen LogP contribution in [-0.4, -0.2) is 61.9 Å². The van der Waals surface area contributed by atoms with Crippen LogP contribution in [0.3, 0.4) is 0 Å². The van der Waals surface area contributed by atoms with E-state index in [4.69, 9.17) is 9.47 Å². The van der Waals surface area contributed by atoms with Crippen LogP contribution in [0.15, 0.2) is 30.3 Å². The summed E-state index contributed by atoms with van der Waals surface area (Å²) in [6.07, 6.45) is 3.21. The van der Waals surface area contributed by atoms with Crippen molar-refractivity contribution in [1.82, 2.24) is 10.2 Å². The summed E-state index contributed by atoms with van der Waals surface area (Å²) in [5.74, 6) is 0.105. The van der Waals surface area contributed by atoms with Gasteiger partial charge in [0.25, 0.3) is 0 Å². The third kappa shape index (κ3) is 4.56. The average Bonchev–Trinajstić information content (AvgIpc) is 2.85. The molecule has 2 saturated heterocycles. The van der Waals surface area contributed by atoms with Crippen molar-refractivity contribution in [3.05, 3.63) is 35.9 Å². The first-order valence-electron chi connectivity index (χ1n) is 8.93. The Morgan fingerprint density at radius 3 is 3.00 bits per heavy atom. The Kier molecular flexibility index (Phi) is 5.87. The summed E-state index contributed by atoms with van der Waals surface area (Å²) in [4.78, 5) is 13.6. The number of ether oxygens (including phenoxy) is 2. The number of carbonyl (C=O) groups excluding carboxylic acids is 1. The molecule has 1 spiro atoms. The predicted molar refractivity (Wildman–Crippen MR) is 92.9 cm³/mol. The van der Waals surface area contributed by atoms with E-state index in [0.29, 0.717) is 26.3 Å². The number of hydrogen-bond donors (Lipinski definition) is 1. The van der Waals surface area contributed by atoms with Gasteiger partial charge >= 0.3 is 0 Å². The number of nitrogens with one attached hydrogen (secondary N) is 1. The summed E-state index contributed by atoms with van der Waals surface area (Å²) in [5, 5.41) is 3.50. The highest BCUT2D eigenvalue weighted by Gasteiger charge is 2.43. The van der Waals surface area contributed by atoms with Gasteiger partial charge in [0.1, 0.15) is 5.60 Å². The summed E-state index contributed by atoms with van der Waals surface area (Å²) < 4.78 is 12.0. The molecule has 0 bridgehead atoms. The van der Waals surface area contributed by atoms with Gasteiger partial charge in [-0.05, 0) is 31.4 Å². The van der Waals surface area contributed by atoms with Crippen LogP contribution in [0, 0.1) is 0 Å². The van der Waals surface area contributed by atoms with Crippen molar-refractivity contribution in [3.8, 4) is 0 Å². The minimum Gasteiger partial charge on any atom is -0.377 e. The molecule has 1 aromatic rings. The van der Waals surface area contributed by atoms with E-state index in [1.807, 2.05) is 11.0 Å². The zero-order chi connectivity index (χ0) is 16.8. The molecule has 1 N–H and O–H groups in total. The van der Waals surface area contributed by atoms with Crippen LogP contribution in [0.5, 0.6) is 0 Å². The maximum Gasteiger partial charge on any atom is 0.219 e. The van der Waals surface area contributed by atoms with Gasteiger partial charge in [-0.2, -0.15) is 0 Å². The molecule has 1 amide bonds. The lowest BCUT2D eigenvalue weighted by Crippen LogP contribution is -2.46. The van der Waals surface area contributed by atoms with Crippen molar-refractivity contribution in [1.29, 1.82) is 0 Å². The van der Waals surface area contributed by atoms with Gasteiger partial charge in [0.2, 0.25) is 5.91 Å². The molecular formula is C19H28N2O3. The third-order valence-electron chi connectivity index (χ3n) is 4.94. The average molecular weight is 332 g/mol. The topological polar surface area (TPSA) is 50.8 Å². The van der Waals surface area contributed by atoms with Gasteiger partial charge in [-0.15, -0.1) is 0 Å². The van der Waals surface area contributed by atoms with Gasteiger partial charge in [0.05, 0.1) is 25.9 Å². The molecule has 0 unspecified atom stereocenters. The van der Waals surface area contributed by atoms with Crippen LogP contribution >= 0.6 is 0 Å². The lowest BCUT2D eigenvalue weighted by atomic mass is 10.00. The molecule has 1 aromatic carbocycles. The normalized spacial score (nSPS) is 27.4. The van der Waals surface area contributed by atoms with E-state index in [-0.39, 0.29) is 17.6 Å². The van der Waals surface area contributed by atoms with Crippen LogP contribution in [-0.2, 0) is 20.7 Å². The molecule has 2 heterocycles. The van der Waals surface area contributed by atoms with Crippen LogP contribution in [0.25, 0.3) is 0 Å². The van der Waals surface area contributed by atoms with Crippen molar-refractivity contribution in [2.45, 2.75) is 37.9 Å². The molecule has 3 rings (SSSR count). The quantitative estimate of drug-likeness (QED) is 0.833. The van der Waals surface area contributed by atoms with Crippen molar-refractivity contribution < 1.29 is 14.3 Å². The first kappa shape index (κ1) is 17.4. The second-order valence-corrected chi connectivity index (χ2v) is 6.89. The van der Waals surface area contributed by atoms with Gasteiger partial charge in [0, 0.05) is 20.0 Å². The van der Waals surface area contributed by atoms with Gasteiger partial charge < -0.3 is 19.7 Å². The van der Waals surface area contributed by atoms with Crippen molar-refractivity contribution in [2.24, 2.45) is 0 Å². The fraction of sp³-hybridized carbons (Fsp3) is 0.632. The molecule has 24 heavy (non-hydrogen) atoms. The standard InChI is InChI=1S/C19H28N2O3/c1-16(22)21-11-12-23-15-19(14-21)9-7-18(24-19)13-20-10-8-17-5-3-2-4-6-17/h2-6,18,20H,7-15H2,1H3/t18-,19+/m0/s1. The molecular weight excluding hydrogens is 304 g/mol. The number of hydrogen-bond acceptors (Lipinski definition) is 4. The van der Waals surface area contributed by atoms with Crippen LogP contribution in [0.2, 0.25) is 0 Å². The molecule has 2 atom stereocenters. The summed E-state index contributed by atoms with van der Waals surface area (Å²) >= 11 is 0. The maximum atomic E-state index is 11.7. The smallest absolute Gasteiger partial charge is 0.219 e. The zero-order valence-corrected chi connectivity index (χ0v) is 14.5. The van der Waals surface area contributed by atoms with E-state index in [1.165, 1.54) is 5.56 Å². The summed E-state index contributed by atoms with van der Waals surface area (Å²) in [6, 6.07) is 10.5. The van der Waals surface area contributed by atoms with E-state index in [2.05, 4.69) is 29.6 Å². The predicted octanol–water partition coefficient (Wildman–Crippen LogP) is 1.62. The second-order valence-electron chi connectivity index (χ2n) is 6.89. The number of carbonyl (C=O) groups is 1. The van der Waals surface area contributed by atoms with E-state index < -0.39 is 0 Å². The zero-order valence-electron chi connectivity index (χ0n) is 14.5. The lowest BCUT2D eigenvalue weighted by molar-refractivity contribution is -0.133. The van der Waals surface area contributed by atoms with Gasteiger partial charge in [-0.3, -0.25) is 4.79 Å². The molecule has 5 heteroatoms. The highest BCUT2D eigenvalue weighted by atomic mass is 16.6. The number of nitrogens with zero attached hydrogens (tertiary/aromatic N) is 1. The van der Waals surface area contributed by atoms with Crippen molar-refractivity contribution in [3.63, 3.8) is 0 Å². The molecule has 0 saturated carbocycles. The van der Waals surface area contributed by atoms with Crippen LogP contribution in [0.1, 0.15) is 25.3 Å². The van der Waals surface area contributed by atoms with Crippen LogP contribution < -0.4 is 5.32 Å². The minimum absolute atomic E-state index is 0.105. The van der Waals surface area contributed by atoms with Crippen molar-refractivity contribution in [2.75, 3.05) is 39.4 Å². The van der Waals surface area contributed by atoms with Crippen molar-refractivity contribution >= 4 is 5.91 Å². The molecule has 0 radical (unpaired) electrons. The maximum absolute atomic E-state index is 11.7. The molecule has 0 aromatic heterocycles. The Balaban J connectivity index is 1.43. The molecule has 2 fully saturated rings. The molecule has 0 aliphatic carbocycles. The number of rotatable bonds is 5. The minimum atomic E-state index is -0.312. The van der Waals surface area contributed by atoms with Gasteiger partial charge in [0.15, 0.2) is 0 Å². The summed E-state index contributed by atoms with van der Waals surface area (Å²) in [6.45, 7) is 5.95. The first-order chi connectivity index (χ1) is 11.7. The largest absolute Gasteiger partial charge is 0.377 e. The summed E-state index contributed by atoms with van der Waals surface area (Å²) in [7, 11) is 0. The fourth-order valence-electron chi connectivity index (χ4n) is 3.58. The highest BCUT2D eigenvalue weighted by Crippen LogP contribution is 2.32. The van der Waals surface area contributed by atoms with E-state index >= 15 is 0 Å². The highest BCUT2D eigenvalue weighted by molar-refractivity contribution is 5.73. The van der Waals surface area contributed by atoms with Gasteiger partial charge in [-0.1, -0.05) is 30.3 Å². The SMILES string of the molecule is CC(=O)N1CCOC[C@@]2(CC[C@@H](CNCCc3ccccc3)O2)C1. The molecule has 2 aliphatic heterocycles. The Hall–Kier alpha value is -1.43. The molecule has 2 aliphatic rings. The number of benzene rings is 1. The summed E-state index contributed by atoms with van der Waals surface area (Å²) in [5.41, 5.74) is 1.04. The van der Waals surface area contributed by atoms with Crippen LogP contribution in [0.4, 0.5) is 0 Å². The van der Waals surface area contributed by atoms with E-state index in [1.54, 1.807) is 6.92 Å². The van der Waals surface area contributed by atoms with Gasteiger partial charge in [-0.25, -0.2) is 0 Å². The third-order valence-corrected chi connectivity index (χ3v) is 4.94. The Morgan fingerprint density at radius 1 is 1.38 bits per heavy atom. The van der Waals surface area contributed by atoms with E-state index in [9.17, 15) is 4.79 Å². The second kappa shape index (κ2) is 8.10. The van der Waals surface area contributed by atoms with E-state index in [0.717, 1.165) is 32.4 Å². The lowest BCUT2D eigenvalue weighted by Gasteiger charge is -2.31.